The number of halogens is 1. The highest BCUT2D eigenvalue weighted by atomic mass is 32.2. The minimum atomic E-state index is -0.267. The third-order valence-corrected chi connectivity index (χ3v) is 6.98. The number of hydrogen-bond donors (Lipinski definition) is 1. The van der Waals surface area contributed by atoms with Gasteiger partial charge in [-0.05, 0) is 91.3 Å². The Kier molecular flexibility index (Phi) is 9.28. The molecule has 1 N–H and O–H groups in total. The van der Waals surface area contributed by atoms with Crippen molar-refractivity contribution in [1.29, 1.82) is 0 Å². The molecule has 0 radical (unpaired) electrons. The summed E-state index contributed by atoms with van der Waals surface area (Å²) >= 11 is 1.97. The number of unbranched alkanes of at least 4 members (excludes halogenated alkanes) is 2. The summed E-state index contributed by atoms with van der Waals surface area (Å²) in [4.78, 5) is 0. The molecule has 1 heterocycles. The lowest BCUT2D eigenvalue weighted by Gasteiger charge is -2.14. The fraction of sp³-hybridized carbons (Fsp3) is 0.379. The number of nitrogens with one attached hydrogen (secondary N) is 1. The van der Waals surface area contributed by atoms with Crippen LogP contribution in [-0.4, -0.2) is 18.2 Å². The maximum Gasteiger partial charge on any atom is 0.127 e. The van der Waals surface area contributed by atoms with Crippen LogP contribution in [0.25, 0.3) is 0 Å². The lowest BCUT2D eigenvalue weighted by molar-refractivity contribution is 0.301. The quantitative estimate of drug-likeness (QED) is 0.270. The van der Waals surface area contributed by atoms with Crippen LogP contribution in [0.15, 0.2) is 66.7 Å². The average molecular weight is 480 g/mol. The van der Waals surface area contributed by atoms with E-state index in [1.165, 1.54) is 35.4 Å². The fourth-order valence-corrected chi connectivity index (χ4v) is 5.21. The first-order valence-corrected chi connectivity index (χ1v) is 13.5. The Bertz CT molecular complexity index is 1030. The normalized spacial score (nSPS) is 15.4. The molecule has 0 spiro atoms. The molecule has 1 atom stereocenters. The van der Waals surface area contributed by atoms with Gasteiger partial charge in [-0.25, -0.2) is 4.39 Å². The molecule has 4 rings (SSSR count). The van der Waals surface area contributed by atoms with E-state index in [2.05, 4.69) is 36.5 Å². The van der Waals surface area contributed by atoms with Crippen LogP contribution in [0.2, 0.25) is 0 Å². The summed E-state index contributed by atoms with van der Waals surface area (Å²) in [5.74, 6) is 4.26. The van der Waals surface area contributed by atoms with Crippen molar-refractivity contribution in [3.05, 3.63) is 89.2 Å². The Morgan fingerprint density at radius 1 is 0.941 bits per heavy atom. The van der Waals surface area contributed by atoms with E-state index in [4.69, 9.17) is 9.47 Å². The van der Waals surface area contributed by atoms with E-state index in [1.807, 2.05) is 30.0 Å². The van der Waals surface area contributed by atoms with Crippen molar-refractivity contribution in [2.24, 2.45) is 0 Å². The molecule has 0 saturated carbocycles. The summed E-state index contributed by atoms with van der Waals surface area (Å²) in [5, 5.41) is 3.56. The van der Waals surface area contributed by atoms with Crippen molar-refractivity contribution >= 4 is 11.8 Å². The Labute approximate surface area is 207 Å². The van der Waals surface area contributed by atoms with Gasteiger partial charge in [0.1, 0.15) is 23.1 Å². The third-order valence-electron chi connectivity index (χ3n) is 6.04. The minimum absolute atomic E-state index is 0.267. The molecular formula is C29H34FNO2S. The van der Waals surface area contributed by atoms with Crippen LogP contribution >= 0.6 is 11.8 Å². The van der Waals surface area contributed by atoms with Crippen molar-refractivity contribution in [2.75, 3.05) is 18.2 Å². The Balaban J connectivity index is 1.22. The van der Waals surface area contributed by atoms with Gasteiger partial charge in [-0.15, -0.1) is 11.8 Å². The van der Waals surface area contributed by atoms with Crippen LogP contribution in [0.5, 0.6) is 17.2 Å². The molecule has 0 aromatic heterocycles. The molecular weight excluding hydrogens is 445 g/mol. The van der Waals surface area contributed by atoms with E-state index in [0.29, 0.717) is 11.8 Å². The highest BCUT2D eigenvalue weighted by Gasteiger charge is 2.16. The number of benzene rings is 3. The van der Waals surface area contributed by atoms with Crippen molar-refractivity contribution < 1.29 is 13.9 Å². The second-order valence-corrected chi connectivity index (χ2v) is 9.78. The van der Waals surface area contributed by atoms with Crippen LogP contribution < -0.4 is 14.8 Å². The first-order valence-electron chi connectivity index (χ1n) is 12.3. The molecule has 0 bridgehead atoms. The third kappa shape index (κ3) is 7.25. The predicted octanol–water partition coefficient (Wildman–Crippen LogP) is 7.70. The standard InChI is InChI=1S/C29H34FNO2S/c1-2-7-24-19-27(33-26-13-11-25(30)12-14-26)15-16-29(24)32-17-5-3-4-8-22-9-6-10-23(18-22)28-20-34-21-31-28/h6,9-16,18-19,28,31H,2-5,7-8,17,20-21H2,1H3. The maximum atomic E-state index is 13.1. The number of aryl methyl sites for hydroxylation is 2. The van der Waals surface area contributed by atoms with Gasteiger partial charge < -0.3 is 14.8 Å². The minimum Gasteiger partial charge on any atom is -0.493 e. The van der Waals surface area contributed by atoms with Gasteiger partial charge in [0, 0.05) is 17.7 Å². The van der Waals surface area contributed by atoms with Crippen molar-refractivity contribution in [3.63, 3.8) is 0 Å². The van der Waals surface area contributed by atoms with Gasteiger partial charge in [-0.2, -0.15) is 0 Å². The second kappa shape index (κ2) is 12.8. The molecule has 0 aliphatic carbocycles. The van der Waals surface area contributed by atoms with Crippen molar-refractivity contribution in [2.45, 2.75) is 51.5 Å². The highest BCUT2D eigenvalue weighted by molar-refractivity contribution is 7.99. The Morgan fingerprint density at radius 2 is 1.79 bits per heavy atom. The van der Waals surface area contributed by atoms with Gasteiger partial charge in [-0.3, -0.25) is 0 Å². The number of ether oxygens (including phenoxy) is 2. The zero-order valence-corrected chi connectivity index (χ0v) is 20.7. The van der Waals surface area contributed by atoms with Crippen LogP contribution in [0.3, 0.4) is 0 Å². The molecule has 1 aliphatic rings. The van der Waals surface area contributed by atoms with Crippen LogP contribution in [0.1, 0.15) is 55.3 Å². The van der Waals surface area contributed by atoms with Gasteiger partial charge in [0.05, 0.1) is 6.61 Å². The molecule has 1 saturated heterocycles. The van der Waals surface area contributed by atoms with E-state index in [1.54, 1.807) is 12.1 Å². The van der Waals surface area contributed by atoms with E-state index >= 15 is 0 Å². The summed E-state index contributed by atoms with van der Waals surface area (Å²) < 4.78 is 25.1. The lowest BCUT2D eigenvalue weighted by Crippen LogP contribution is -2.14. The molecule has 0 amide bonds. The molecule has 34 heavy (non-hydrogen) atoms. The Hall–Kier alpha value is -2.50. The largest absolute Gasteiger partial charge is 0.493 e. The fourth-order valence-electron chi connectivity index (χ4n) is 4.23. The first-order chi connectivity index (χ1) is 16.7. The molecule has 1 unspecified atom stereocenters. The average Bonchev–Trinajstić information content (AvgIpc) is 3.39. The highest BCUT2D eigenvalue weighted by Crippen LogP contribution is 2.29. The van der Waals surface area contributed by atoms with Gasteiger partial charge in [-0.1, -0.05) is 37.6 Å². The molecule has 3 aromatic carbocycles. The molecule has 1 fully saturated rings. The molecule has 1 aliphatic heterocycles. The summed E-state index contributed by atoms with van der Waals surface area (Å²) in [6.07, 6.45) is 6.44. The zero-order valence-electron chi connectivity index (χ0n) is 19.9. The summed E-state index contributed by atoms with van der Waals surface area (Å²) in [6.45, 7) is 2.88. The molecule has 3 aromatic rings. The number of rotatable bonds is 12. The topological polar surface area (TPSA) is 30.5 Å². The van der Waals surface area contributed by atoms with E-state index < -0.39 is 0 Å². The lowest BCUT2D eigenvalue weighted by atomic mass is 10.0. The van der Waals surface area contributed by atoms with Crippen LogP contribution in [0.4, 0.5) is 4.39 Å². The zero-order chi connectivity index (χ0) is 23.6. The van der Waals surface area contributed by atoms with Gasteiger partial charge in [0.2, 0.25) is 0 Å². The first kappa shape index (κ1) is 24.6. The summed E-state index contributed by atoms with van der Waals surface area (Å²) in [5.41, 5.74) is 4.00. The monoisotopic (exact) mass is 479 g/mol. The van der Waals surface area contributed by atoms with E-state index in [0.717, 1.165) is 61.7 Å². The maximum absolute atomic E-state index is 13.1. The smallest absolute Gasteiger partial charge is 0.127 e. The van der Waals surface area contributed by atoms with E-state index in [9.17, 15) is 4.39 Å². The van der Waals surface area contributed by atoms with E-state index in [-0.39, 0.29) is 5.82 Å². The predicted molar refractivity (Wildman–Crippen MR) is 140 cm³/mol. The van der Waals surface area contributed by atoms with Gasteiger partial charge >= 0.3 is 0 Å². The second-order valence-electron chi connectivity index (χ2n) is 8.75. The van der Waals surface area contributed by atoms with Crippen LogP contribution in [0, 0.1) is 5.82 Å². The number of hydrogen-bond acceptors (Lipinski definition) is 4. The van der Waals surface area contributed by atoms with Crippen molar-refractivity contribution in [1.82, 2.24) is 5.32 Å². The molecule has 3 nitrogen and oxygen atoms in total. The number of thioether (sulfide) groups is 1. The Morgan fingerprint density at radius 3 is 2.59 bits per heavy atom. The molecule has 5 heteroatoms. The SMILES string of the molecule is CCCc1cc(Oc2ccc(F)cc2)ccc1OCCCCCc1cccc(C2CSCN2)c1. The van der Waals surface area contributed by atoms with Crippen molar-refractivity contribution in [3.8, 4) is 17.2 Å². The summed E-state index contributed by atoms with van der Waals surface area (Å²) in [6, 6.07) is 21.6. The van der Waals surface area contributed by atoms with Crippen LogP contribution in [-0.2, 0) is 12.8 Å². The van der Waals surface area contributed by atoms with Gasteiger partial charge in [0.15, 0.2) is 0 Å². The summed E-state index contributed by atoms with van der Waals surface area (Å²) in [7, 11) is 0. The molecule has 180 valence electrons. The van der Waals surface area contributed by atoms with Gasteiger partial charge in [0.25, 0.3) is 0 Å².